The monoisotopic (exact) mass is 470 g/mol. The second kappa shape index (κ2) is 9.82. The highest BCUT2D eigenvalue weighted by Crippen LogP contribution is 2.32. The molecule has 0 unspecified atom stereocenters. The summed E-state index contributed by atoms with van der Waals surface area (Å²) in [5.41, 5.74) is 0. The fourth-order valence-corrected chi connectivity index (χ4v) is 5.92. The number of sulfonamides is 1. The molecule has 178 valence electrons. The van der Waals surface area contributed by atoms with Gasteiger partial charge in [0, 0.05) is 12.1 Å². The molecule has 2 saturated heterocycles. The number of carbonyl (C=O) groups excluding carboxylic acids is 1. The highest BCUT2D eigenvalue weighted by atomic mass is 32.2. The second-order valence-corrected chi connectivity index (χ2v) is 9.95. The van der Waals surface area contributed by atoms with Crippen LogP contribution in [0.2, 0.25) is 0 Å². The minimum atomic E-state index is -3.95. The van der Waals surface area contributed by atoms with E-state index in [1.807, 2.05) is 0 Å². The first-order valence-corrected chi connectivity index (χ1v) is 12.3. The molecule has 1 aliphatic carbocycles. The standard InChI is InChI=1S/C21H30N2O8S/c1-27-14-8-9-16(28-2)18(10-14)32(25,26)23-15-11-29-20-17(12-30-19(15)20)31-21(24)22-13-6-4-3-5-7-13/h8-10,13,15,17,19-20,23H,3-7,11-12H2,1-2H3,(H,22,24)/t15-,17-,19-,20+/m1/s1. The van der Waals surface area contributed by atoms with E-state index in [0.29, 0.717) is 5.75 Å². The average molecular weight is 471 g/mol. The van der Waals surface area contributed by atoms with Gasteiger partial charge >= 0.3 is 6.09 Å². The number of amides is 1. The van der Waals surface area contributed by atoms with Gasteiger partial charge in [0.1, 0.15) is 28.6 Å². The fourth-order valence-electron chi connectivity index (χ4n) is 4.51. The molecule has 4 rings (SSSR count). The van der Waals surface area contributed by atoms with Crippen LogP contribution < -0.4 is 19.5 Å². The van der Waals surface area contributed by atoms with E-state index in [4.69, 9.17) is 23.7 Å². The summed E-state index contributed by atoms with van der Waals surface area (Å²) in [6.07, 6.45) is 3.13. The van der Waals surface area contributed by atoms with Crippen LogP contribution in [0.1, 0.15) is 32.1 Å². The highest BCUT2D eigenvalue weighted by molar-refractivity contribution is 7.89. The summed E-state index contributed by atoms with van der Waals surface area (Å²) < 4.78 is 56.2. The van der Waals surface area contributed by atoms with Gasteiger partial charge in [-0.25, -0.2) is 17.9 Å². The smallest absolute Gasteiger partial charge is 0.407 e. The maximum Gasteiger partial charge on any atom is 0.407 e. The molecular formula is C21H30N2O8S. The van der Waals surface area contributed by atoms with Crippen LogP contribution in [-0.2, 0) is 24.2 Å². The first-order chi connectivity index (χ1) is 15.4. The molecule has 0 radical (unpaired) electrons. The first-order valence-electron chi connectivity index (χ1n) is 10.9. The van der Waals surface area contributed by atoms with E-state index < -0.39 is 40.5 Å². The Hall–Kier alpha value is -2.08. The Morgan fingerprint density at radius 1 is 1.03 bits per heavy atom. The van der Waals surface area contributed by atoms with Gasteiger partial charge in [0.25, 0.3) is 0 Å². The molecule has 11 heteroatoms. The van der Waals surface area contributed by atoms with Crippen molar-refractivity contribution in [2.24, 2.45) is 0 Å². The highest BCUT2D eigenvalue weighted by Gasteiger charge is 2.50. The van der Waals surface area contributed by atoms with E-state index in [2.05, 4.69) is 10.0 Å². The molecule has 1 aromatic carbocycles. The lowest BCUT2D eigenvalue weighted by Crippen LogP contribution is -2.45. The van der Waals surface area contributed by atoms with Gasteiger partial charge in [0.15, 0.2) is 6.10 Å². The number of fused-ring (bicyclic) bond motifs is 1. The van der Waals surface area contributed by atoms with Crippen molar-refractivity contribution in [3.05, 3.63) is 18.2 Å². The van der Waals surface area contributed by atoms with Crippen molar-refractivity contribution in [2.75, 3.05) is 27.4 Å². The van der Waals surface area contributed by atoms with E-state index in [1.54, 1.807) is 6.07 Å². The fraction of sp³-hybridized carbons (Fsp3) is 0.667. The van der Waals surface area contributed by atoms with Gasteiger partial charge in [-0.3, -0.25) is 0 Å². The summed E-state index contributed by atoms with van der Waals surface area (Å²) in [7, 11) is -1.10. The minimum Gasteiger partial charge on any atom is -0.497 e. The molecule has 0 aromatic heterocycles. The zero-order chi connectivity index (χ0) is 22.7. The van der Waals surface area contributed by atoms with E-state index in [-0.39, 0.29) is 29.9 Å². The predicted octanol–water partition coefficient (Wildman–Crippen LogP) is 1.58. The molecule has 0 bridgehead atoms. The van der Waals surface area contributed by atoms with Crippen molar-refractivity contribution in [1.82, 2.24) is 10.0 Å². The van der Waals surface area contributed by atoms with Crippen LogP contribution in [0.5, 0.6) is 11.5 Å². The van der Waals surface area contributed by atoms with Crippen LogP contribution in [-0.4, -0.2) is 72.3 Å². The normalized spacial score (nSPS) is 28.2. The lowest BCUT2D eigenvalue weighted by molar-refractivity contribution is 0.00281. The van der Waals surface area contributed by atoms with Crippen LogP contribution in [0, 0.1) is 0 Å². The Balaban J connectivity index is 1.38. The molecule has 32 heavy (non-hydrogen) atoms. The number of rotatable bonds is 7. The summed E-state index contributed by atoms with van der Waals surface area (Å²) in [6, 6.07) is 4.05. The number of hydrogen-bond acceptors (Lipinski definition) is 8. The average Bonchev–Trinajstić information content (AvgIpc) is 3.37. The second-order valence-electron chi connectivity index (χ2n) is 8.26. The topological polar surface area (TPSA) is 121 Å². The molecule has 2 aliphatic heterocycles. The van der Waals surface area contributed by atoms with E-state index in [1.165, 1.54) is 32.8 Å². The number of benzene rings is 1. The lowest BCUT2D eigenvalue weighted by Gasteiger charge is -2.24. The van der Waals surface area contributed by atoms with Gasteiger partial charge in [-0.15, -0.1) is 0 Å². The molecule has 1 amide bonds. The van der Waals surface area contributed by atoms with E-state index in [9.17, 15) is 13.2 Å². The third-order valence-electron chi connectivity index (χ3n) is 6.16. The Morgan fingerprint density at radius 2 is 1.78 bits per heavy atom. The maximum atomic E-state index is 13.1. The Labute approximate surface area is 187 Å². The van der Waals surface area contributed by atoms with Gasteiger partial charge in [-0.05, 0) is 25.0 Å². The van der Waals surface area contributed by atoms with Crippen LogP contribution >= 0.6 is 0 Å². The van der Waals surface area contributed by atoms with Crippen LogP contribution in [0.3, 0.4) is 0 Å². The third-order valence-corrected chi connectivity index (χ3v) is 7.67. The molecule has 10 nitrogen and oxygen atoms in total. The number of nitrogens with one attached hydrogen (secondary N) is 2. The molecular weight excluding hydrogens is 440 g/mol. The van der Waals surface area contributed by atoms with Crippen LogP contribution in [0.25, 0.3) is 0 Å². The molecule has 4 atom stereocenters. The number of alkyl carbamates (subject to hydrolysis) is 1. The summed E-state index contributed by atoms with van der Waals surface area (Å²) in [5.74, 6) is 0.586. The SMILES string of the molecule is COc1ccc(OC)c(S(=O)(=O)N[C@@H]2CO[C@@H]3[C@@H]2OC[C@H]3OC(=O)NC2CCCCC2)c1. The van der Waals surface area contributed by atoms with Gasteiger partial charge in [0.05, 0.1) is 33.5 Å². The lowest BCUT2D eigenvalue weighted by atomic mass is 9.96. The summed E-state index contributed by atoms with van der Waals surface area (Å²) in [5, 5.41) is 2.91. The first kappa shape index (κ1) is 23.1. The number of hydrogen-bond donors (Lipinski definition) is 2. The molecule has 2 heterocycles. The molecule has 3 aliphatic rings. The van der Waals surface area contributed by atoms with Gasteiger partial charge in [-0.2, -0.15) is 0 Å². The van der Waals surface area contributed by atoms with Gasteiger partial charge in [0.2, 0.25) is 10.0 Å². The Kier molecular flexibility index (Phi) is 7.08. The van der Waals surface area contributed by atoms with Crippen LogP contribution in [0.4, 0.5) is 4.79 Å². The predicted molar refractivity (Wildman–Crippen MR) is 113 cm³/mol. The zero-order valence-electron chi connectivity index (χ0n) is 18.2. The van der Waals surface area contributed by atoms with Crippen molar-refractivity contribution < 1.29 is 36.9 Å². The van der Waals surface area contributed by atoms with Gasteiger partial charge in [-0.1, -0.05) is 19.3 Å². The maximum absolute atomic E-state index is 13.1. The largest absolute Gasteiger partial charge is 0.497 e. The Morgan fingerprint density at radius 3 is 2.50 bits per heavy atom. The summed E-state index contributed by atoms with van der Waals surface area (Å²) >= 11 is 0. The molecule has 1 aromatic rings. The van der Waals surface area contributed by atoms with Crippen LogP contribution in [0.15, 0.2) is 23.1 Å². The Bertz CT molecular complexity index is 918. The van der Waals surface area contributed by atoms with Crippen molar-refractivity contribution in [3.63, 3.8) is 0 Å². The van der Waals surface area contributed by atoms with Crippen molar-refractivity contribution in [3.8, 4) is 11.5 Å². The number of carbonyl (C=O) groups is 1. The molecule has 1 saturated carbocycles. The van der Waals surface area contributed by atoms with E-state index >= 15 is 0 Å². The quantitative estimate of drug-likeness (QED) is 0.616. The number of ether oxygens (including phenoxy) is 5. The molecule has 0 spiro atoms. The molecule has 2 N–H and O–H groups in total. The zero-order valence-corrected chi connectivity index (χ0v) is 19.1. The minimum absolute atomic E-state index is 0.0412. The van der Waals surface area contributed by atoms with Crippen molar-refractivity contribution >= 4 is 16.1 Å². The van der Waals surface area contributed by atoms with Crippen molar-refractivity contribution in [1.29, 1.82) is 0 Å². The third kappa shape index (κ3) is 4.95. The van der Waals surface area contributed by atoms with E-state index in [0.717, 1.165) is 25.7 Å². The van der Waals surface area contributed by atoms with Gasteiger partial charge < -0.3 is 29.0 Å². The van der Waals surface area contributed by atoms with Crippen molar-refractivity contribution in [2.45, 2.75) is 67.4 Å². The molecule has 3 fully saturated rings. The summed E-state index contributed by atoms with van der Waals surface area (Å²) in [4.78, 5) is 12.3. The number of methoxy groups -OCH3 is 2. The summed E-state index contributed by atoms with van der Waals surface area (Å²) in [6.45, 7) is 0.249.